The normalized spacial score (nSPS) is 32.3. The smallest absolute Gasteiger partial charge is 0.312 e. The summed E-state index contributed by atoms with van der Waals surface area (Å²) in [5.74, 6) is -1.59. The van der Waals surface area contributed by atoms with Gasteiger partial charge in [0.25, 0.3) is 0 Å². The molecule has 5 nitrogen and oxygen atoms in total. The molecule has 2 fully saturated rings. The van der Waals surface area contributed by atoms with Gasteiger partial charge < -0.3 is 14.2 Å². The average Bonchev–Trinajstić information content (AvgIpc) is 2.99. The van der Waals surface area contributed by atoms with Crippen molar-refractivity contribution in [3.8, 4) is 0 Å². The van der Waals surface area contributed by atoms with Crippen LogP contribution in [-0.4, -0.2) is 37.4 Å². The van der Waals surface area contributed by atoms with Crippen molar-refractivity contribution in [3.63, 3.8) is 0 Å². The Hall–Kier alpha value is -1.10. The Morgan fingerprint density at radius 1 is 1.05 bits per heavy atom. The number of carbonyl (C=O) groups excluding carboxylic acids is 2. The SMILES string of the molecule is CCCCOC(=O)[C@@H]1[C@@H](C(=O)OCC)[C@@H]2CC[C@H]1O2. The molecule has 0 saturated carbocycles. The van der Waals surface area contributed by atoms with Gasteiger partial charge in [-0.3, -0.25) is 9.59 Å². The van der Waals surface area contributed by atoms with E-state index in [0.717, 1.165) is 25.7 Å². The van der Waals surface area contributed by atoms with Crippen molar-refractivity contribution in [1.82, 2.24) is 0 Å². The summed E-state index contributed by atoms with van der Waals surface area (Å²) in [7, 11) is 0. The maximum Gasteiger partial charge on any atom is 0.312 e. The summed E-state index contributed by atoms with van der Waals surface area (Å²) in [6, 6.07) is 0. The van der Waals surface area contributed by atoms with Gasteiger partial charge in [-0.1, -0.05) is 13.3 Å². The number of unbranched alkanes of at least 4 members (excludes halogenated alkanes) is 1. The maximum atomic E-state index is 12.1. The third kappa shape index (κ3) is 2.91. The molecule has 0 aliphatic carbocycles. The summed E-state index contributed by atoms with van der Waals surface area (Å²) in [6.07, 6.45) is 3.13. The van der Waals surface area contributed by atoms with Gasteiger partial charge >= 0.3 is 11.9 Å². The van der Waals surface area contributed by atoms with E-state index in [1.807, 2.05) is 6.92 Å². The molecule has 4 atom stereocenters. The largest absolute Gasteiger partial charge is 0.466 e. The Kier molecular flexibility index (Phi) is 4.80. The van der Waals surface area contributed by atoms with E-state index in [1.54, 1.807) is 6.92 Å². The standard InChI is InChI=1S/C14H22O5/c1-3-5-8-18-14(16)12-10-7-6-9(19-10)11(12)13(15)17-4-2/h9-12H,3-8H2,1-2H3/t9-,10+,11-,12-/m0/s1. The second-order valence-electron chi connectivity index (χ2n) is 5.12. The van der Waals surface area contributed by atoms with Crippen molar-refractivity contribution >= 4 is 11.9 Å². The van der Waals surface area contributed by atoms with E-state index >= 15 is 0 Å². The maximum absolute atomic E-state index is 12.1. The third-order valence-corrected chi connectivity index (χ3v) is 3.85. The van der Waals surface area contributed by atoms with Gasteiger partial charge in [0, 0.05) is 0 Å². The van der Waals surface area contributed by atoms with E-state index < -0.39 is 11.8 Å². The van der Waals surface area contributed by atoms with E-state index in [9.17, 15) is 9.59 Å². The number of hydrogen-bond acceptors (Lipinski definition) is 5. The lowest BCUT2D eigenvalue weighted by Gasteiger charge is -2.24. The zero-order chi connectivity index (χ0) is 13.8. The van der Waals surface area contributed by atoms with Gasteiger partial charge in [-0.25, -0.2) is 0 Å². The molecule has 0 aromatic carbocycles. The van der Waals surface area contributed by atoms with Crippen LogP contribution in [0.25, 0.3) is 0 Å². The van der Waals surface area contributed by atoms with Crippen LogP contribution >= 0.6 is 0 Å². The molecule has 2 aliphatic heterocycles. The molecular formula is C14H22O5. The first kappa shape index (κ1) is 14.3. The van der Waals surface area contributed by atoms with E-state index in [-0.39, 0.29) is 24.1 Å². The van der Waals surface area contributed by atoms with Gasteiger partial charge in [0.1, 0.15) is 0 Å². The lowest BCUT2D eigenvalue weighted by Crippen LogP contribution is -2.40. The van der Waals surface area contributed by atoms with Crippen molar-refractivity contribution in [1.29, 1.82) is 0 Å². The molecule has 0 spiro atoms. The second-order valence-corrected chi connectivity index (χ2v) is 5.12. The van der Waals surface area contributed by atoms with Gasteiger partial charge in [0.2, 0.25) is 0 Å². The van der Waals surface area contributed by atoms with Gasteiger partial charge in [-0.2, -0.15) is 0 Å². The van der Waals surface area contributed by atoms with Crippen LogP contribution in [0.4, 0.5) is 0 Å². The third-order valence-electron chi connectivity index (χ3n) is 3.85. The zero-order valence-electron chi connectivity index (χ0n) is 11.6. The predicted octanol–water partition coefficient (Wildman–Crippen LogP) is 1.69. The Morgan fingerprint density at radius 3 is 2.16 bits per heavy atom. The minimum Gasteiger partial charge on any atom is -0.466 e. The number of esters is 2. The second kappa shape index (κ2) is 6.37. The molecule has 0 radical (unpaired) electrons. The van der Waals surface area contributed by atoms with Gasteiger partial charge in [0.15, 0.2) is 0 Å². The van der Waals surface area contributed by atoms with Crippen LogP contribution in [0.5, 0.6) is 0 Å². The summed E-state index contributed by atoms with van der Waals surface area (Å²) in [6.45, 7) is 4.54. The summed E-state index contributed by atoms with van der Waals surface area (Å²) >= 11 is 0. The first-order chi connectivity index (χ1) is 9.19. The molecule has 5 heteroatoms. The average molecular weight is 270 g/mol. The number of hydrogen-bond donors (Lipinski definition) is 0. The molecule has 108 valence electrons. The summed E-state index contributed by atoms with van der Waals surface area (Å²) < 4.78 is 16.0. The quantitative estimate of drug-likeness (QED) is 0.543. The zero-order valence-corrected chi connectivity index (χ0v) is 11.6. The molecule has 0 amide bonds. The molecule has 2 aliphatic rings. The highest BCUT2D eigenvalue weighted by Gasteiger charge is 2.56. The number of carbonyl (C=O) groups is 2. The van der Waals surface area contributed by atoms with Crippen molar-refractivity contribution < 1.29 is 23.8 Å². The van der Waals surface area contributed by atoms with E-state index in [0.29, 0.717) is 13.2 Å². The Balaban J connectivity index is 1.99. The van der Waals surface area contributed by atoms with Crippen LogP contribution in [-0.2, 0) is 23.8 Å². The molecule has 0 aromatic heterocycles. The van der Waals surface area contributed by atoms with Crippen LogP contribution in [0, 0.1) is 11.8 Å². The van der Waals surface area contributed by atoms with Crippen molar-refractivity contribution in [3.05, 3.63) is 0 Å². The minimum atomic E-state index is -0.479. The van der Waals surface area contributed by atoms with Crippen LogP contribution < -0.4 is 0 Å². The van der Waals surface area contributed by atoms with Crippen LogP contribution in [0.3, 0.4) is 0 Å². The van der Waals surface area contributed by atoms with Crippen LogP contribution in [0.15, 0.2) is 0 Å². The molecule has 0 unspecified atom stereocenters. The van der Waals surface area contributed by atoms with Gasteiger partial charge in [0.05, 0.1) is 37.3 Å². The monoisotopic (exact) mass is 270 g/mol. The summed E-state index contributed by atoms with van der Waals surface area (Å²) in [5, 5.41) is 0. The number of rotatable bonds is 6. The van der Waals surface area contributed by atoms with E-state index in [4.69, 9.17) is 14.2 Å². The van der Waals surface area contributed by atoms with Crippen molar-refractivity contribution in [2.75, 3.05) is 13.2 Å². The Morgan fingerprint density at radius 2 is 1.63 bits per heavy atom. The van der Waals surface area contributed by atoms with Crippen LogP contribution in [0.2, 0.25) is 0 Å². The minimum absolute atomic E-state index is 0.173. The lowest BCUT2D eigenvalue weighted by molar-refractivity contribution is -0.161. The summed E-state index contributed by atoms with van der Waals surface area (Å²) in [4.78, 5) is 24.1. The fraction of sp³-hybridized carbons (Fsp3) is 0.857. The molecule has 2 saturated heterocycles. The first-order valence-electron chi connectivity index (χ1n) is 7.17. The fourth-order valence-electron chi connectivity index (χ4n) is 2.93. The van der Waals surface area contributed by atoms with Gasteiger partial charge in [-0.15, -0.1) is 0 Å². The van der Waals surface area contributed by atoms with Crippen LogP contribution in [0.1, 0.15) is 39.5 Å². The molecular weight excluding hydrogens is 248 g/mol. The van der Waals surface area contributed by atoms with Crippen molar-refractivity contribution in [2.45, 2.75) is 51.7 Å². The number of fused-ring (bicyclic) bond motifs is 2. The lowest BCUT2D eigenvalue weighted by atomic mass is 9.79. The Bertz CT molecular complexity index is 341. The highest BCUT2D eigenvalue weighted by atomic mass is 16.6. The topological polar surface area (TPSA) is 61.8 Å². The van der Waals surface area contributed by atoms with E-state index in [2.05, 4.69) is 0 Å². The van der Waals surface area contributed by atoms with E-state index in [1.165, 1.54) is 0 Å². The molecule has 2 rings (SSSR count). The predicted molar refractivity (Wildman–Crippen MR) is 67.4 cm³/mol. The molecule has 19 heavy (non-hydrogen) atoms. The molecule has 2 heterocycles. The van der Waals surface area contributed by atoms with Gasteiger partial charge in [-0.05, 0) is 26.2 Å². The highest BCUT2D eigenvalue weighted by Crippen LogP contribution is 2.44. The highest BCUT2D eigenvalue weighted by molar-refractivity contribution is 5.84. The summed E-state index contributed by atoms with van der Waals surface area (Å²) in [5.41, 5.74) is 0. The molecule has 2 bridgehead atoms. The first-order valence-corrected chi connectivity index (χ1v) is 7.17. The number of ether oxygens (including phenoxy) is 3. The molecule has 0 aromatic rings. The fourth-order valence-corrected chi connectivity index (χ4v) is 2.93. The Labute approximate surface area is 113 Å². The van der Waals surface area contributed by atoms with Crippen molar-refractivity contribution in [2.24, 2.45) is 11.8 Å². The molecule has 0 N–H and O–H groups in total.